The van der Waals surface area contributed by atoms with Crippen LogP contribution in [0.15, 0.2) is 54.6 Å². The van der Waals surface area contributed by atoms with E-state index in [0.29, 0.717) is 6.42 Å². The Kier molecular flexibility index (Phi) is 11.6. The molecule has 60 heavy (non-hydrogen) atoms. The maximum absolute atomic E-state index is 15.1. The number of allylic oxidation sites excluding steroid dienone is 1. The van der Waals surface area contributed by atoms with Crippen molar-refractivity contribution in [3.8, 4) is 5.75 Å². The maximum atomic E-state index is 15.1. The number of fused-ring (bicyclic) bond motifs is 4. The molecule has 3 saturated heterocycles. The first-order chi connectivity index (χ1) is 28.6. The van der Waals surface area contributed by atoms with E-state index in [1.807, 2.05) is 48.6 Å². The minimum atomic E-state index is -1.62. The summed E-state index contributed by atoms with van der Waals surface area (Å²) in [5, 5.41) is 38.3. The summed E-state index contributed by atoms with van der Waals surface area (Å²) in [6.07, 6.45) is 3.41. The summed E-state index contributed by atoms with van der Waals surface area (Å²) in [7, 11) is 0. The van der Waals surface area contributed by atoms with Gasteiger partial charge in [-0.1, -0.05) is 54.6 Å². The molecule has 0 spiro atoms. The van der Waals surface area contributed by atoms with E-state index in [-0.39, 0.29) is 43.4 Å². The number of hydrogen-bond donors (Lipinski definition) is 5. The number of carbonyl (C=O) groups excluding carboxylic acids is 4. The summed E-state index contributed by atoms with van der Waals surface area (Å²) < 4.78 is 25.3. The molecule has 2 amide bonds. The van der Waals surface area contributed by atoms with Gasteiger partial charge in [-0.3, -0.25) is 24.0 Å². The van der Waals surface area contributed by atoms with Gasteiger partial charge in [0.05, 0.1) is 25.3 Å². The van der Waals surface area contributed by atoms with Crippen LogP contribution in [-0.2, 0) is 55.9 Å². The van der Waals surface area contributed by atoms with E-state index in [2.05, 4.69) is 10.6 Å². The van der Waals surface area contributed by atoms with E-state index in [9.17, 15) is 29.7 Å². The molecule has 6 fully saturated rings. The number of hydroxylamine groups is 2. The first-order valence-corrected chi connectivity index (χ1v) is 21.3. The molecule has 0 unspecified atom stereocenters. The molecule has 0 radical (unpaired) electrons. The number of para-hydroxylation sites is 1. The Balaban J connectivity index is 1.07. The lowest BCUT2D eigenvalue weighted by Crippen LogP contribution is -2.71. The number of hydrogen-bond acceptors (Lipinski definition) is 13. The van der Waals surface area contributed by atoms with Crippen LogP contribution >= 0.6 is 0 Å². The third-order valence-corrected chi connectivity index (χ3v) is 12.7. The van der Waals surface area contributed by atoms with Crippen LogP contribution in [0.3, 0.4) is 0 Å². The van der Waals surface area contributed by atoms with Crippen molar-refractivity contribution in [1.82, 2.24) is 15.7 Å². The summed E-state index contributed by atoms with van der Waals surface area (Å²) in [6, 6.07) is 11.1. The van der Waals surface area contributed by atoms with Crippen molar-refractivity contribution in [3.05, 3.63) is 71.3 Å². The highest BCUT2D eigenvalue weighted by Crippen LogP contribution is 2.64. The van der Waals surface area contributed by atoms with Gasteiger partial charge >= 0.3 is 11.9 Å². The van der Waals surface area contributed by atoms with Crippen LogP contribution in [0.2, 0.25) is 0 Å². The summed E-state index contributed by atoms with van der Waals surface area (Å²) in [5.41, 5.74) is 0.0690. The Labute approximate surface area is 349 Å². The second-order valence-electron chi connectivity index (χ2n) is 18.3. The highest BCUT2D eigenvalue weighted by Gasteiger charge is 2.78. The van der Waals surface area contributed by atoms with Gasteiger partial charge in [-0.05, 0) is 89.0 Å². The van der Waals surface area contributed by atoms with Crippen LogP contribution in [0, 0.1) is 17.3 Å². The Morgan fingerprint density at radius 2 is 1.65 bits per heavy atom. The molecule has 8 rings (SSSR count). The number of nitrogens with one attached hydrogen (secondary N) is 2. The number of rotatable bonds is 16. The van der Waals surface area contributed by atoms with Crippen LogP contribution in [-0.4, -0.2) is 111 Å². The number of phenolic OH excluding ortho intramolecular Hbond substituents is 1. The normalized spacial score (nSPS) is 29.6. The number of esters is 2. The van der Waals surface area contributed by atoms with Gasteiger partial charge in [0.15, 0.2) is 11.8 Å². The first-order valence-electron chi connectivity index (χ1n) is 21.3. The average Bonchev–Trinajstić information content (AvgIpc) is 4.15. The first kappa shape index (κ1) is 42.3. The Bertz CT molecular complexity index is 1980. The van der Waals surface area contributed by atoms with E-state index in [0.717, 1.165) is 42.4 Å². The largest absolute Gasteiger partial charge is 0.508 e. The Hall–Kier alpha value is -4.38. The molecule has 6 aliphatic rings. The van der Waals surface area contributed by atoms with Crippen molar-refractivity contribution in [2.75, 3.05) is 6.61 Å². The van der Waals surface area contributed by atoms with Crippen molar-refractivity contribution in [3.63, 3.8) is 0 Å². The van der Waals surface area contributed by atoms with Gasteiger partial charge in [0, 0.05) is 24.7 Å². The monoisotopic (exact) mass is 831 g/mol. The van der Waals surface area contributed by atoms with Gasteiger partial charge in [0.25, 0.3) is 0 Å². The van der Waals surface area contributed by atoms with Gasteiger partial charge in [-0.2, -0.15) is 5.06 Å². The summed E-state index contributed by atoms with van der Waals surface area (Å²) in [4.78, 5) is 62.5. The predicted octanol–water partition coefficient (Wildman–Crippen LogP) is 3.21. The number of nitrogens with zero attached hydrogens (tertiary/aromatic N) is 1. The van der Waals surface area contributed by atoms with Gasteiger partial charge < -0.3 is 44.9 Å². The van der Waals surface area contributed by atoms with Gasteiger partial charge in [-0.25, -0.2) is 0 Å². The SMILES string of the molecule is C[C@H](O)[C@@H](NC(=O)[C@@]12C[C@H]3OC(=O)[C@@H]1N(Cc1ccccc1C=CCc1ccccc1O)O[C@@H]2[C@H]1OC(C2CC2)(C2CC2)O[C@H]13)C(=O)N[C@H](CO)CCC(=O)OC(C)(C)C. The topological polar surface area (TPSA) is 202 Å². The van der Waals surface area contributed by atoms with Crippen LogP contribution in [0.5, 0.6) is 5.75 Å². The lowest BCUT2D eigenvalue weighted by atomic mass is 9.62. The summed E-state index contributed by atoms with van der Waals surface area (Å²) in [5.74, 6) is -2.95. The predicted molar refractivity (Wildman–Crippen MR) is 214 cm³/mol. The van der Waals surface area contributed by atoms with Gasteiger partial charge in [-0.15, -0.1) is 0 Å². The molecule has 2 aromatic carbocycles. The van der Waals surface area contributed by atoms with Crippen LogP contribution < -0.4 is 10.6 Å². The molecule has 2 aromatic rings. The molecule has 3 aliphatic heterocycles. The number of phenols is 1. The van der Waals surface area contributed by atoms with E-state index in [1.54, 1.807) is 32.9 Å². The molecule has 5 N–H and O–H groups in total. The van der Waals surface area contributed by atoms with Crippen molar-refractivity contribution in [2.45, 2.75) is 146 Å². The van der Waals surface area contributed by atoms with Gasteiger partial charge in [0.1, 0.15) is 47.2 Å². The number of aliphatic hydroxyl groups is 2. The molecule has 0 aromatic heterocycles. The van der Waals surface area contributed by atoms with Crippen LogP contribution in [0.1, 0.15) is 89.3 Å². The second-order valence-corrected chi connectivity index (χ2v) is 18.3. The number of carbonyl (C=O) groups is 4. The maximum Gasteiger partial charge on any atom is 0.327 e. The number of ether oxygens (including phenoxy) is 4. The fraction of sp³-hybridized carbons (Fsp3) is 0.600. The van der Waals surface area contributed by atoms with Crippen molar-refractivity contribution < 1.29 is 58.3 Å². The number of aromatic hydroxyl groups is 1. The highest BCUT2D eigenvalue weighted by molar-refractivity contribution is 5.96. The van der Waals surface area contributed by atoms with E-state index >= 15 is 4.79 Å². The summed E-state index contributed by atoms with van der Waals surface area (Å²) in [6.45, 7) is 6.16. The molecule has 15 heteroatoms. The molecule has 3 aliphatic carbocycles. The molecular weight excluding hydrogens is 775 g/mol. The average molecular weight is 832 g/mol. The molecule has 15 nitrogen and oxygen atoms in total. The van der Waals surface area contributed by atoms with E-state index in [1.165, 1.54) is 12.0 Å². The minimum absolute atomic E-state index is 0.0256. The summed E-state index contributed by atoms with van der Waals surface area (Å²) >= 11 is 0. The van der Waals surface area contributed by atoms with E-state index in [4.69, 9.17) is 23.8 Å². The third kappa shape index (κ3) is 8.19. The third-order valence-electron chi connectivity index (χ3n) is 12.7. The highest BCUT2D eigenvalue weighted by atomic mass is 16.8. The molecule has 2 bridgehead atoms. The number of amides is 2. The molecular formula is C45H57N3O12. The Morgan fingerprint density at radius 3 is 2.30 bits per heavy atom. The van der Waals surface area contributed by atoms with Crippen LogP contribution in [0.4, 0.5) is 0 Å². The molecule has 3 heterocycles. The Morgan fingerprint density at radius 1 is 0.983 bits per heavy atom. The zero-order valence-corrected chi connectivity index (χ0v) is 34.6. The molecule has 324 valence electrons. The smallest absolute Gasteiger partial charge is 0.327 e. The zero-order chi connectivity index (χ0) is 42.6. The second kappa shape index (κ2) is 16.5. The van der Waals surface area contributed by atoms with Crippen LogP contribution in [0.25, 0.3) is 6.08 Å². The number of aliphatic hydroxyl groups excluding tert-OH is 2. The van der Waals surface area contributed by atoms with E-state index < -0.39 is 95.8 Å². The molecule has 9 atom stereocenters. The minimum Gasteiger partial charge on any atom is -0.508 e. The lowest BCUT2D eigenvalue weighted by molar-refractivity contribution is -0.235. The van der Waals surface area contributed by atoms with Crippen molar-refractivity contribution in [1.29, 1.82) is 0 Å². The fourth-order valence-electron chi connectivity index (χ4n) is 9.54. The van der Waals surface area contributed by atoms with Gasteiger partial charge in [0.2, 0.25) is 11.8 Å². The van der Waals surface area contributed by atoms with Crippen molar-refractivity contribution >= 4 is 29.8 Å². The number of benzene rings is 2. The van der Waals surface area contributed by atoms with Crippen molar-refractivity contribution in [2.24, 2.45) is 17.3 Å². The standard InChI is InChI=1S/C45H57N3O12/c1-25(50)35(40(53)46-31(24-49)20-21-34(52)57-43(2,3)4)47-42(55)44-22-33-36-37(59-45(58-36,29-16-17-29)30-18-19-30)39(44)60-48(38(44)41(54)56-33)23-28-12-6-5-10-26(28)13-9-14-27-11-7-8-15-32(27)51/h5-13,15,25,29-31,33,35-39,49-51H,14,16-24H2,1-4H3,(H,46,53)(H,47,55)/t25-,31-,33+,35+,36-,37-,38-,39+,44-/m0/s1. The fourth-order valence-corrected chi connectivity index (χ4v) is 9.54. The quantitative estimate of drug-likeness (QED) is 0.155. The molecule has 3 saturated carbocycles. The lowest BCUT2D eigenvalue weighted by Gasteiger charge is -2.49. The zero-order valence-electron chi connectivity index (χ0n) is 34.6.